The molecule has 3 rings (SSSR count). The Labute approximate surface area is 98.7 Å². The lowest BCUT2D eigenvalue weighted by atomic mass is 10.2. The Morgan fingerprint density at radius 2 is 2.31 bits per heavy atom. The van der Waals surface area contributed by atoms with Crippen LogP contribution in [0.25, 0.3) is 10.2 Å². The van der Waals surface area contributed by atoms with Crippen molar-refractivity contribution in [2.75, 3.05) is 17.6 Å². The minimum Gasteiger partial charge on any atom is -0.395 e. The Bertz CT molecular complexity index is 502. The van der Waals surface area contributed by atoms with Gasteiger partial charge < -0.3 is 11.1 Å². The van der Waals surface area contributed by atoms with E-state index >= 15 is 0 Å². The second-order valence-electron chi connectivity index (χ2n) is 4.38. The van der Waals surface area contributed by atoms with Gasteiger partial charge in [0.2, 0.25) is 0 Å². The molecule has 3 nitrogen and oxygen atoms in total. The van der Waals surface area contributed by atoms with Gasteiger partial charge in [0, 0.05) is 6.54 Å². The Hall–Kier alpha value is -1.29. The Balaban J connectivity index is 1.76. The molecule has 1 aromatic carbocycles. The lowest BCUT2D eigenvalue weighted by Gasteiger charge is -2.09. The summed E-state index contributed by atoms with van der Waals surface area (Å²) in [5.41, 5.74) is 10.7. The van der Waals surface area contributed by atoms with Crippen molar-refractivity contribution in [1.82, 2.24) is 4.98 Å². The van der Waals surface area contributed by atoms with Crippen LogP contribution in [0, 0.1) is 5.92 Å². The molecule has 2 aromatic rings. The number of fused-ring (bicyclic) bond motifs is 1. The molecule has 4 heteroatoms. The van der Waals surface area contributed by atoms with Crippen LogP contribution in [0.15, 0.2) is 17.6 Å². The maximum atomic E-state index is 6.08. The van der Waals surface area contributed by atoms with Crippen molar-refractivity contribution in [3.05, 3.63) is 17.6 Å². The Morgan fingerprint density at radius 1 is 1.44 bits per heavy atom. The summed E-state index contributed by atoms with van der Waals surface area (Å²) >= 11 is 1.63. The first-order chi connectivity index (χ1) is 7.84. The van der Waals surface area contributed by atoms with Gasteiger partial charge >= 0.3 is 0 Å². The van der Waals surface area contributed by atoms with E-state index in [-0.39, 0.29) is 0 Å². The highest BCUT2D eigenvalue weighted by Crippen LogP contribution is 2.33. The fraction of sp³-hybridized carbons (Fsp3) is 0.417. The van der Waals surface area contributed by atoms with Crippen LogP contribution in [0.5, 0.6) is 0 Å². The van der Waals surface area contributed by atoms with E-state index in [9.17, 15) is 0 Å². The summed E-state index contributed by atoms with van der Waals surface area (Å²) < 4.78 is 1.16. The molecular formula is C12H15N3S. The molecule has 84 valence electrons. The van der Waals surface area contributed by atoms with Crippen LogP contribution in [0.4, 0.5) is 11.4 Å². The average molecular weight is 233 g/mol. The molecule has 1 aromatic heterocycles. The van der Waals surface area contributed by atoms with Gasteiger partial charge in [-0.05, 0) is 24.5 Å². The standard InChI is InChI=1S/C12H15N3S/c13-11-9(14-6-5-8-1-2-8)3-4-10-12(11)15-7-16-10/h3-4,7-8,14H,1-2,5-6,13H2. The molecule has 1 aliphatic rings. The van der Waals surface area contributed by atoms with Crippen LogP contribution in [0.2, 0.25) is 0 Å². The molecule has 0 amide bonds. The van der Waals surface area contributed by atoms with E-state index in [1.165, 1.54) is 19.3 Å². The van der Waals surface area contributed by atoms with Crippen LogP contribution < -0.4 is 11.1 Å². The van der Waals surface area contributed by atoms with Gasteiger partial charge in [-0.25, -0.2) is 4.98 Å². The fourth-order valence-corrected chi connectivity index (χ4v) is 2.62. The van der Waals surface area contributed by atoms with Crippen molar-refractivity contribution in [2.45, 2.75) is 19.3 Å². The first kappa shape index (κ1) is 9.90. The minimum atomic E-state index is 0.787. The van der Waals surface area contributed by atoms with E-state index in [0.717, 1.165) is 34.1 Å². The third kappa shape index (κ3) is 1.85. The zero-order valence-electron chi connectivity index (χ0n) is 9.07. The molecule has 0 bridgehead atoms. The molecule has 1 saturated carbocycles. The molecule has 0 radical (unpaired) electrons. The summed E-state index contributed by atoms with van der Waals surface area (Å²) in [6.45, 7) is 1.02. The van der Waals surface area contributed by atoms with Crippen molar-refractivity contribution in [3.63, 3.8) is 0 Å². The monoisotopic (exact) mass is 233 g/mol. The topological polar surface area (TPSA) is 50.9 Å². The number of thiazole rings is 1. The molecule has 0 atom stereocenters. The number of hydrogen-bond donors (Lipinski definition) is 2. The van der Waals surface area contributed by atoms with Gasteiger partial charge in [-0.3, -0.25) is 0 Å². The highest BCUT2D eigenvalue weighted by Gasteiger charge is 2.20. The van der Waals surface area contributed by atoms with E-state index in [4.69, 9.17) is 5.73 Å². The van der Waals surface area contributed by atoms with Crippen LogP contribution >= 0.6 is 11.3 Å². The number of rotatable bonds is 4. The van der Waals surface area contributed by atoms with E-state index in [1.54, 1.807) is 11.3 Å². The number of nitrogens with two attached hydrogens (primary N) is 1. The average Bonchev–Trinajstić information content (AvgIpc) is 2.97. The Morgan fingerprint density at radius 3 is 3.12 bits per heavy atom. The number of nitrogen functional groups attached to an aromatic ring is 1. The third-order valence-electron chi connectivity index (χ3n) is 3.11. The van der Waals surface area contributed by atoms with E-state index in [1.807, 2.05) is 5.51 Å². The van der Waals surface area contributed by atoms with Crippen molar-refractivity contribution < 1.29 is 0 Å². The van der Waals surface area contributed by atoms with Gasteiger partial charge in [0.25, 0.3) is 0 Å². The molecular weight excluding hydrogens is 218 g/mol. The largest absolute Gasteiger partial charge is 0.395 e. The predicted molar refractivity (Wildman–Crippen MR) is 69.9 cm³/mol. The van der Waals surface area contributed by atoms with Crippen LogP contribution in [0.3, 0.4) is 0 Å². The molecule has 1 heterocycles. The minimum absolute atomic E-state index is 0.787. The number of hydrogen-bond acceptors (Lipinski definition) is 4. The summed E-state index contributed by atoms with van der Waals surface area (Å²) in [6, 6.07) is 4.14. The van der Waals surface area contributed by atoms with Gasteiger partial charge in [0.1, 0.15) is 5.52 Å². The molecule has 0 aliphatic heterocycles. The van der Waals surface area contributed by atoms with E-state index in [2.05, 4.69) is 22.4 Å². The van der Waals surface area contributed by atoms with Gasteiger partial charge in [0.15, 0.2) is 0 Å². The van der Waals surface area contributed by atoms with Crippen LogP contribution in [-0.4, -0.2) is 11.5 Å². The normalized spacial score (nSPS) is 15.5. The summed E-state index contributed by atoms with van der Waals surface area (Å²) in [6.07, 6.45) is 4.07. The Kier molecular flexibility index (Phi) is 2.44. The summed E-state index contributed by atoms with van der Waals surface area (Å²) in [5, 5.41) is 3.41. The van der Waals surface area contributed by atoms with E-state index < -0.39 is 0 Å². The number of benzene rings is 1. The number of aromatic nitrogens is 1. The summed E-state index contributed by atoms with van der Waals surface area (Å²) in [5.74, 6) is 0.955. The summed E-state index contributed by atoms with van der Waals surface area (Å²) in [4.78, 5) is 4.29. The number of nitrogens with one attached hydrogen (secondary N) is 1. The van der Waals surface area contributed by atoms with Crippen molar-refractivity contribution >= 4 is 32.9 Å². The van der Waals surface area contributed by atoms with Crippen molar-refractivity contribution in [3.8, 4) is 0 Å². The first-order valence-electron chi connectivity index (χ1n) is 5.70. The lowest BCUT2D eigenvalue weighted by molar-refractivity contribution is 0.760. The van der Waals surface area contributed by atoms with Crippen LogP contribution in [0.1, 0.15) is 19.3 Å². The molecule has 0 spiro atoms. The van der Waals surface area contributed by atoms with Crippen molar-refractivity contribution in [2.24, 2.45) is 5.92 Å². The summed E-state index contributed by atoms with van der Waals surface area (Å²) in [7, 11) is 0. The molecule has 0 saturated heterocycles. The second-order valence-corrected chi connectivity index (χ2v) is 5.27. The number of anilines is 2. The molecule has 16 heavy (non-hydrogen) atoms. The van der Waals surface area contributed by atoms with Gasteiger partial charge in [0.05, 0.1) is 21.6 Å². The second kappa shape index (κ2) is 3.94. The fourth-order valence-electron chi connectivity index (χ4n) is 1.92. The maximum Gasteiger partial charge on any atom is 0.106 e. The smallest absolute Gasteiger partial charge is 0.106 e. The zero-order valence-corrected chi connectivity index (χ0v) is 9.89. The maximum absolute atomic E-state index is 6.08. The number of nitrogens with zero attached hydrogens (tertiary/aromatic N) is 1. The van der Waals surface area contributed by atoms with Crippen LogP contribution in [-0.2, 0) is 0 Å². The van der Waals surface area contributed by atoms with Gasteiger partial charge in [-0.1, -0.05) is 12.8 Å². The zero-order chi connectivity index (χ0) is 11.0. The van der Waals surface area contributed by atoms with Crippen molar-refractivity contribution in [1.29, 1.82) is 0 Å². The highest BCUT2D eigenvalue weighted by atomic mass is 32.1. The van der Waals surface area contributed by atoms with E-state index in [0.29, 0.717) is 0 Å². The molecule has 1 aliphatic carbocycles. The quantitative estimate of drug-likeness (QED) is 0.798. The molecule has 1 fully saturated rings. The van der Waals surface area contributed by atoms with Gasteiger partial charge in [-0.15, -0.1) is 11.3 Å². The SMILES string of the molecule is Nc1c(NCCC2CC2)ccc2scnc12. The van der Waals surface area contributed by atoms with Gasteiger partial charge in [-0.2, -0.15) is 0 Å². The lowest BCUT2D eigenvalue weighted by Crippen LogP contribution is -2.05. The first-order valence-corrected chi connectivity index (χ1v) is 6.58. The third-order valence-corrected chi connectivity index (χ3v) is 3.90. The predicted octanol–water partition coefficient (Wildman–Crippen LogP) is 3.09. The molecule has 0 unspecified atom stereocenters. The molecule has 3 N–H and O–H groups in total. The highest BCUT2D eigenvalue weighted by molar-refractivity contribution is 7.16.